The number of sulfone groups is 1. The van der Waals surface area contributed by atoms with E-state index in [1.807, 2.05) is 0 Å². The molecular weight excluding hydrogens is 465 g/mol. The van der Waals surface area contributed by atoms with E-state index >= 15 is 0 Å². The lowest BCUT2D eigenvalue weighted by molar-refractivity contribution is -0.0436. The van der Waals surface area contributed by atoms with Crippen molar-refractivity contribution in [3.8, 4) is 5.75 Å². The quantitative estimate of drug-likeness (QED) is 0.397. The van der Waals surface area contributed by atoms with Gasteiger partial charge in [-0.25, -0.2) is 17.2 Å². The molecule has 172 valence electrons. The van der Waals surface area contributed by atoms with Crippen LogP contribution in [0, 0.1) is 28.7 Å². The topological polar surface area (TPSA) is 43.4 Å². The average Bonchev–Trinajstić information content (AvgIpc) is 3.38. The molecule has 0 bridgehead atoms. The maximum absolute atomic E-state index is 14.8. The summed E-state index contributed by atoms with van der Waals surface area (Å²) in [5.74, 6) is -7.87. The predicted octanol–water partition coefficient (Wildman–Crippen LogP) is 6.03. The molecule has 0 atom stereocenters. The highest BCUT2D eigenvalue weighted by molar-refractivity contribution is 7.92. The zero-order valence-corrected chi connectivity index (χ0v) is 17.2. The molecule has 0 aliphatic heterocycles. The molecule has 1 fully saturated rings. The summed E-state index contributed by atoms with van der Waals surface area (Å²) in [6, 6.07) is 3.65. The summed E-state index contributed by atoms with van der Waals surface area (Å²) in [6.45, 7) is 0. The molecule has 2 aromatic carbocycles. The first-order chi connectivity index (χ1) is 14.8. The highest BCUT2D eigenvalue weighted by Crippen LogP contribution is 2.64. The van der Waals surface area contributed by atoms with Crippen molar-refractivity contribution in [2.75, 3.05) is 7.11 Å². The third-order valence-corrected chi connectivity index (χ3v) is 7.47. The molecule has 2 aromatic rings. The fourth-order valence-electron chi connectivity index (χ4n) is 4.10. The molecule has 1 spiro atoms. The van der Waals surface area contributed by atoms with Gasteiger partial charge >= 0.3 is 5.51 Å². The molecule has 32 heavy (non-hydrogen) atoms. The average molecular weight is 480 g/mol. The maximum Gasteiger partial charge on any atom is 0.501 e. The second kappa shape index (κ2) is 7.23. The number of hydrogen-bond donors (Lipinski definition) is 0. The van der Waals surface area contributed by atoms with Gasteiger partial charge in [-0.3, -0.25) is 0 Å². The number of benzene rings is 2. The van der Waals surface area contributed by atoms with Gasteiger partial charge in [0.2, 0.25) is 11.6 Å². The Bertz CT molecular complexity index is 1210. The highest BCUT2D eigenvalue weighted by atomic mass is 32.2. The van der Waals surface area contributed by atoms with Gasteiger partial charge < -0.3 is 4.74 Å². The van der Waals surface area contributed by atoms with Crippen molar-refractivity contribution in [2.24, 2.45) is 5.41 Å². The van der Waals surface area contributed by atoms with Crippen molar-refractivity contribution < 1.29 is 43.9 Å². The molecule has 0 radical (unpaired) electrons. The molecule has 0 amide bonds. The standard InChI is InChI=1S/C21H15F7O3S/c1-31-19-17(24)15(22)14(16(23)18(19)25)13-9-20(6-7-20)8-12(13)10-2-4-11(5-3-10)32(29,30)21(26,27)28/h2-5H,6-9H2,1H3. The molecule has 0 unspecified atom stereocenters. The highest BCUT2D eigenvalue weighted by Gasteiger charge is 2.50. The van der Waals surface area contributed by atoms with Crippen molar-refractivity contribution in [1.82, 2.24) is 0 Å². The molecule has 2 aliphatic rings. The lowest BCUT2D eigenvalue weighted by Gasteiger charge is -2.14. The Hall–Kier alpha value is -2.56. The molecule has 1 saturated carbocycles. The first kappa shape index (κ1) is 22.6. The van der Waals surface area contributed by atoms with Crippen LogP contribution in [0.2, 0.25) is 0 Å². The van der Waals surface area contributed by atoms with E-state index in [1.165, 1.54) is 0 Å². The SMILES string of the molecule is COc1c(F)c(F)c(C2=C(c3ccc(S(=O)(=O)C(F)(F)F)cc3)CC3(CC3)C2)c(F)c1F. The number of methoxy groups -OCH3 is 1. The fourth-order valence-corrected chi connectivity index (χ4v) is 4.86. The Labute approximate surface area is 178 Å². The van der Waals surface area contributed by atoms with Crippen molar-refractivity contribution in [2.45, 2.75) is 36.1 Å². The minimum Gasteiger partial charge on any atom is -0.491 e. The summed E-state index contributed by atoms with van der Waals surface area (Å²) in [4.78, 5) is -0.992. The normalized spacial score (nSPS) is 17.9. The van der Waals surface area contributed by atoms with Crippen molar-refractivity contribution in [3.05, 3.63) is 58.7 Å². The van der Waals surface area contributed by atoms with E-state index < -0.39 is 54.8 Å². The van der Waals surface area contributed by atoms with Crippen LogP contribution in [0.4, 0.5) is 30.7 Å². The fraction of sp³-hybridized carbons (Fsp3) is 0.333. The van der Waals surface area contributed by atoms with E-state index in [9.17, 15) is 39.2 Å². The van der Waals surface area contributed by atoms with E-state index in [4.69, 9.17) is 0 Å². The van der Waals surface area contributed by atoms with Gasteiger partial charge in [-0.05, 0) is 59.9 Å². The lowest BCUT2D eigenvalue weighted by atomic mass is 9.95. The number of allylic oxidation sites excluding steroid dienone is 2. The van der Waals surface area contributed by atoms with Crippen LogP contribution in [0.1, 0.15) is 36.8 Å². The van der Waals surface area contributed by atoms with Gasteiger partial charge in [0.15, 0.2) is 17.4 Å². The molecule has 0 N–H and O–H groups in total. The number of hydrogen-bond acceptors (Lipinski definition) is 3. The van der Waals surface area contributed by atoms with E-state index in [2.05, 4.69) is 4.74 Å². The van der Waals surface area contributed by atoms with E-state index in [0.29, 0.717) is 18.4 Å². The van der Waals surface area contributed by atoms with Crippen molar-refractivity contribution >= 4 is 21.0 Å². The molecule has 0 aromatic heterocycles. The zero-order valence-electron chi connectivity index (χ0n) is 16.4. The van der Waals surface area contributed by atoms with Crippen LogP contribution in [0.5, 0.6) is 5.75 Å². The number of alkyl halides is 3. The summed E-state index contributed by atoms with van der Waals surface area (Å²) >= 11 is 0. The van der Waals surface area contributed by atoms with Crippen LogP contribution in [-0.4, -0.2) is 21.0 Å². The minimum absolute atomic E-state index is 0.00983. The molecule has 0 saturated heterocycles. The monoisotopic (exact) mass is 480 g/mol. The molecule has 11 heteroatoms. The Balaban J connectivity index is 1.87. The third-order valence-electron chi connectivity index (χ3n) is 5.97. The van der Waals surface area contributed by atoms with Crippen LogP contribution < -0.4 is 4.74 Å². The maximum atomic E-state index is 14.8. The molecule has 0 heterocycles. The Kier molecular flexibility index (Phi) is 5.11. The van der Waals surface area contributed by atoms with Gasteiger partial charge in [0.1, 0.15) is 0 Å². The first-order valence-electron chi connectivity index (χ1n) is 9.37. The van der Waals surface area contributed by atoms with Gasteiger partial charge in [-0.2, -0.15) is 22.0 Å². The van der Waals surface area contributed by atoms with Gasteiger partial charge in [0.25, 0.3) is 9.84 Å². The van der Waals surface area contributed by atoms with Crippen molar-refractivity contribution in [1.29, 1.82) is 0 Å². The number of halogens is 7. The summed E-state index contributed by atoms with van der Waals surface area (Å²) in [5.41, 5.74) is -6.25. The first-order valence-corrected chi connectivity index (χ1v) is 10.9. The third kappa shape index (κ3) is 3.37. The zero-order chi connectivity index (χ0) is 23.6. The summed E-state index contributed by atoms with van der Waals surface area (Å²) in [7, 11) is -4.72. The van der Waals surface area contributed by atoms with Gasteiger partial charge in [-0.1, -0.05) is 12.1 Å². The summed E-state index contributed by atoms with van der Waals surface area (Å²) in [6.07, 6.45) is 1.79. The van der Waals surface area contributed by atoms with Gasteiger partial charge in [0.05, 0.1) is 17.6 Å². The second-order valence-electron chi connectivity index (χ2n) is 7.95. The van der Waals surface area contributed by atoms with Gasteiger partial charge in [-0.15, -0.1) is 0 Å². The lowest BCUT2D eigenvalue weighted by Crippen LogP contribution is -2.23. The molecular formula is C21H15F7O3S. The predicted molar refractivity (Wildman–Crippen MR) is 100 cm³/mol. The van der Waals surface area contributed by atoms with Crippen LogP contribution in [0.15, 0.2) is 29.2 Å². The minimum atomic E-state index is -5.57. The Morgan fingerprint density at radius 1 is 0.844 bits per heavy atom. The van der Waals surface area contributed by atoms with E-state index in [-0.39, 0.29) is 29.4 Å². The Morgan fingerprint density at radius 2 is 1.34 bits per heavy atom. The van der Waals surface area contributed by atoms with E-state index in [0.717, 1.165) is 31.4 Å². The van der Waals surface area contributed by atoms with E-state index in [1.54, 1.807) is 0 Å². The number of rotatable bonds is 4. The smallest absolute Gasteiger partial charge is 0.491 e. The molecule has 2 aliphatic carbocycles. The van der Waals surface area contributed by atoms with Crippen LogP contribution in [-0.2, 0) is 9.84 Å². The summed E-state index contributed by atoms with van der Waals surface area (Å²) in [5, 5.41) is 0. The van der Waals surface area contributed by atoms with Gasteiger partial charge in [0, 0.05) is 0 Å². The van der Waals surface area contributed by atoms with Crippen molar-refractivity contribution in [3.63, 3.8) is 0 Å². The van der Waals surface area contributed by atoms with Crippen LogP contribution in [0.3, 0.4) is 0 Å². The van der Waals surface area contributed by atoms with Crippen LogP contribution in [0.25, 0.3) is 11.1 Å². The Morgan fingerprint density at radius 3 is 1.78 bits per heavy atom. The number of ether oxygens (including phenoxy) is 1. The second-order valence-corrected chi connectivity index (χ2v) is 9.89. The largest absolute Gasteiger partial charge is 0.501 e. The molecule has 3 nitrogen and oxygen atoms in total. The molecule has 4 rings (SSSR count). The van der Waals surface area contributed by atoms with Crippen LogP contribution >= 0.6 is 0 Å². The summed E-state index contributed by atoms with van der Waals surface area (Å²) < 4.78 is 124.